The molecule has 8 heteroatoms. The number of amides is 2. The number of hydrogen-bond donors (Lipinski definition) is 1. The van der Waals surface area contributed by atoms with Gasteiger partial charge in [-0.05, 0) is 31.0 Å². The summed E-state index contributed by atoms with van der Waals surface area (Å²) in [5.74, 6) is 1.39. The zero-order valence-electron chi connectivity index (χ0n) is 13.5. The zero-order valence-corrected chi connectivity index (χ0v) is 14.4. The van der Waals surface area contributed by atoms with Gasteiger partial charge in [0.15, 0.2) is 11.5 Å². The van der Waals surface area contributed by atoms with Crippen LogP contribution in [-0.2, 0) is 16.3 Å². The molecule has 1 aromatic carbocycles. The highest BCUT2D eigenvalue weighted by Gasteiger charge is 2.19. The number of fused-ring (bicyclic) bond motifs is 1. The molecule has 0 radical (unpaired) electrons. The van der Waals surface area contributed by atoms with Gasteiger partial charge in [-0.25, -0.2) is 13.2 Å². The molecule has 23 heavy (non-hydrogen) atoms. The number of carbonyl (C=O) groups is 1. The Balaban J connectivity index is 1.80. The Bertz CT molecular complexity index is 674. The third kappa shape index (κ3) is 5.02. The van der Waals surface area contributed by atoms with Crippen LogP contribution in [0.5, 0.6) is 11.5 Å². The number of sulfone groups is 1. The largest absolute Gasteiger partial charge is 0.454 e. The maximum absolute atomic E-state index is 12.0. The summed E-state index contributed by atoms with van der Waals surface area (Å²) in [7, 11) is -1.53. The minimum atomic E-state index is -3.12. The van der Waals surface area contributed by atoms with Crippen LogP contribution in [-0.4, -0.2) is 57.8 Å². The molecule has 1 heterocycles. The Morgan fingerprint density at radius 3 is 2.74 bits per heavy atom. The van der Waals surface area contributed by atoms with Gasteiger partial charge in [0, 0.05) is 25.9 Å². The highest BCUT2D eigenvalue weighted by Crippen LogP contribution is 2.32. The van der Waals surface area contributed by atoms with Crippen LogP contribution in [0.2, 0.25) is 0 Å². The number of hydrogen-bond acceptors (Lipinski definition) is 5. The van der Waals surface area contributed by atoms with E-state index in [9.17, 15) is 13.2 Å². The molecule has 1 atom stereocenters. The molecule has 0 fully saturated rings. The lowest BCUT2D eigenvalue weighted by Gasteiger charge is -2.24. The average Bonchev–Trinajstić information content (AvgIpc) is 2.92. The van der Waals surface area contributed by atoms with Crippen molar-refractivity contribution in [3.05, 3.63) is 23.8 Å². The van der Waals surface area contributed by atoms with Crippen LogP contribution in [0.15, 0.2) is 18.2 Å². The van der Waals surface area contributed by atoms with Crippen molar-refractivity contribution in [3.8, 4) is 11.5 Å². The van der Waals surface area contributed by atoms with E-state index in [2.05, 4.69) is 5.32 Å². The van der Waals surface area contributed by atoms with Crippen molar-refractivity contribution >= 4 is 15.9 Å². The fourth-order valence-electron chi connectivity index (χ4n) is 2.29. The fraction of sp³-hybridized carbons (Fsp3) is 0.533. The van der Waals surface area contributed by atoms with Gasteiger partial charge in [-0.3, -0.25) is 0 Å². The summed E-state index contributed by atoms with van der Waals surface area (Å²) < 4.78 is 33.1. The molecule has 0 aliphatic carbocycles. The maximum Gasteiger partial charge on any atom is 0.317 e. The molecule has 1 N–H and O–H groups in total. The number of carbonyl (C=O) groups excluding carboxylic acids is 1. The molecule has 0 bridgehead atoms. The number of ether oxygens (including phenoxy) is 2. The third-order valence-corrected chi connectivity index (χ3v) is 4.74. The third-order valence-electron chi connectivity index (χ3n) is 3.65. The molecule has 1 aliphatic rings. The van der Waals surface area contributed by atoms with Gasteiger partial charge in [0.1, 0.15) is 9.84 Å². The van der Waals surface area contributed by atoms with Crippen molar-refractivity contribution in [2.75, 3.05) is 32.4 Å². The van der Waals surface area contributed by atoms with Crippen molar-refractivity contribution < 1.29 is 22.7 Å². The number of urea groups is 1. The molecule has 0 aromatic heterocycles. The molecule has 1 unspecified atom stereocenters. The van der Waals surface area contributed by atoms with E-state index in [-0.39, 0.29) is 24.6 Å². The molecule has 128 valence electrons. The summed E-state index contributed by atoms with van der Waals surface area (Å²) in [6.07, 6.45) is 1.81. The number of rotatable bonds is 6. The van der Waals surface area contributed by atoms with Crippen LogP contribution < -0.4 is 14.8 Å². The van der Waals surface area contributed by atoms with Gasteiger partial charge in [0.25, 0.3) is 0 Å². The normalized spacial score (nSPS) is 14.4. The van der Waals surface area contributed by atoms with Crippen LogP contribution in [0.1, 0.15) is 12.5 Å². The number of nitrogens with zero attached hydrogens (tertiary/aromatic N) is 1. The highest BCUT2D eigenvalue weighted by atomic mass is 32.2. The zero-order chi connectivity index (χ0) is 17.0. The second-order valence-electron chi connectivity index (χ2n) is 5.72. The first kappa shape index (κ1) is 17.4. The molecule has 2 rings (SSSR count). The molecule has 0 saturated heterocycles. The molecular formula is C15H22N2O5S. The van der Waals surface area contributed by atoms with E-state index >= 15 is 0 Å². The summed E-state index contributed by atoms with van der Waals surface area (Å²) in [6.45, 7) is 2.39. The lowest BCUT2D eigenvalue weighted by molar-refractivity contribution is 0.174. The van der Waals surface area contributed by atoms with Gasteiger partial charge in [-0.1, -0.05) is 6.07 Å². The van der Waals surface area contributed by atoms with E-state index in [0.717, 1.165) is 17.6 Å². The lowest BCUT2D eigenvalue weighted by atomic mass is 10.1. The van der Waals surface area contributed by atoms with E-state index < -0.39 is 9.84 Å². The maximum atomic E-state index is 12.0. The SMILES string of the molecule is CC(CS(C)(=O)=O)N(C)C(=O)NCCc1ccc2c(c1)OCO2. The Hall–Kier alpha value is -1.96. The predicted octanol–water partition coefficient (Wildman–Crippen LogP) is 1.03. The van der Waals surface area contributed by atoms with Crippen LogP contribution in [0, 0.1) is 0 Å². The number of benzene rings is 1. The topological polar surface area (TPSA) is 84.9 Å². The summed E-state index contributed by atoms with van der Waals surface area (Å²) >= 11 is 0. The van der Waals surface area contributed by atoms with Crippen molar-refractivity contribution in [2.24, 2.45) is 0 Å². The predicted molar refractivity (Wildman–Crippen MR) is 86.6 cm³/mol. The van der Waals surface area contributed by atoms with Gasteiger partial charge in [0.05, 0.1) is 5.75 Å². The van der Waals surface area contributed by atoms with E-state index in [1.165, 1.54) is 4.90 Å². The standard InChI is InChI=1S/C15H22N2O5S/c1-11(9-23(3,19)20)17(2)15(18)16-7-6-12-4-5-13-14(8-12)22-10-21-13/h4-5,8,11H,6-7,9-10H2,1-3H3,(H,16,18). The van der Waals surface area contributed by atoms with Crippen LogP contribution in [0.25, 0.3) is 0 Å². The Labute approximate surface area is 136 Å². The van der Waals surface area contributed by atoms with Crippen LogP contribution >= 0.6 is 0 Å². The molecule has 0 saturated carbocycles. The summed E-state index contributed by atoms with van der Waals surface area (Å²) in [5, 5.41) is 2.79. The summed E-state index contributed by atoms with van der Waals surface area (Å²) in [4.78, 5) is 13.4. The quantitative estimate of drug-likeness (QED) is 0.835. The second-order valence-corrected chi connectivity index (χ2v) is 7.91. The molecular weight excluding hydrogens is 320 g/mol. The summed E-state index contributed by atoms with van der Waals surface area (Å²) in [5.41, 5.74) is 1.03. The Morgan fingerprint density at radius 1 is 1.35 bits per heavy atom. The monoisotopic (exact) mass is 342 g/mol. The van der Waals surface area contributed by atoms with Crippen molar-refractivity contribution in [1.82, 2.24) is 10.2 Å². The van der Waals surface area contributed by atoms with E-state index in [1.807, 2.05) is 18.2 Å². The second kappa shape index (κ2) is 7.08. The van der Waals surface area contributed by atoms with Crippen molar-refractivity contribution in [2.45, 2.75) is 19.4 Å². The van der Waals surface area contributed by atoms with Gasteiger partial charge in [-0.15, -0.1) is 0 Å². The Kier molecular flexibility index (Phi) is 5.35. The minimum absolute atomic E-state index is 0.0565. The molecule has 1 aromatic rings. The number of nitrogens with one attached hydrogen (secondary N) is 1. The van der Waals surface area contributed by atoms with Crippen LogP contribution in [0.4, 0.5) is 4.79 Å². The highest BCUT2D eigenvalue weighted by molar-refractivity contribution is 7.90. The molecule has 0 spiro atoms. The summed E-state index contributed by atoms with van der Waals surface area (Å²) in [6, 6.07) is 5.00. The molecule has 2 amide bonds. The molecule has 1 aliphatic heterocycles. The van der Waals surface area contributed by atoms with Gasteiger partial charge < -0.3 is 19.7 Å². The average molecular weight is 342 g/mol. The van der Waals surface area contributed by atoms with E-state index in [0.29, 0.717) is 18.7 Å². The van der Waals surface area contributed by atoms with Gasteiger partial charge >= 0.3 is 6.03 Å². The minimum Gasteiger partial charge on any atom is -0.454 e. The van der Waals surface area contributed by atoms with Crippen molar-refractivity contribution in [1.29, 1.82) is 0 Å². The van der Waals surface area contributed by atoms with Crippen LogP contribution in [0.3, 0.4) is 0 Å². The lowest BCUT2D eigenvalue weighted by Crippen LogP contribution is -2.45. The van der Waals surface area contributed by atoms with Gasteiger partial charge in [-0.2, -0.15) is 0 Å². The molecule has 7 nitrogen and oxygen atoms in total. The fourth-order valence-corrected chi connectivity index (χ4v) is 3.38. The van der Waals surface area contributed by atoms with Gasteiger partial charge in [0.2, 0.25) is 6.79 Å². The van der Waals surface area contributed by atoms with E-state index in [4.69, 9.17) is 9.47 Å². The first-order valence-electron chi connectivity index (χ1n) is 7.33. The van der Waals surface area contributed by atoms with E-state index in [1.54, 1.807) is 14.0 Å². The first-order chi connectivity index (χ1) is 10.8. The Morgan fingerprint density at radius 2 is 2.04 bits per heavy atom. The smallest absolute Gasteiger partial charge is 0.317 e. The first-order valence-corrected chi connectivity index (χ1v) is 9.39. The van der Waals surface area contributed by atoms with Crippen molar-refractivity contribution in [3.63, 3.8) is 0 Å².